The number of ether oxygens (including phenoxy) is 1. The SMILES string of the molecule is COc1cccc(Sc2ccc(CNC(C)C)cc2Br)c1. The van der Waals surface area contributed by atoms with Crippen LogP contribution in [0.1, 0.15) is 19.4 Å². The fourth-order valence-electron chi connectivity index (χ4n) is 1.85. The molecule has 21 heavy (non-hydrogen) atoms. The van der Waals surface area contributed by atoms with Crippen molar-refractivity contribution in [2.45, 2.75) is 36.2 Å². The first-order chi connectivity index (χ1) is 10.1. The van der Waals surface area contributed by atoms with Crippen molar-refractivity contribution in [2.24, 2.45) is 0 Å². The van der Waals surface area contributed by atoms with Gasteiger partial charge in [0.2, 0.25) is 0 Å². The van der Waals surface area contributed by atoms with E-state index in [0.29, 0.717) is 6.04 Å². The van der Waals surface area contributed by atoms with Crippen LogP contribution in [-0.4, -0.2) is 13.2 Å². The molecule has 0 amide bonds. The number of hydrogen-bond donors (Lipinski definition) is 1. The minimum absolute atomic E-state index is 0.495. The summed E-state index contributed by atoms with van der Waals surface area (Å²) < 4.78 is 6.39. The summed E-state index contributed by atoms with van der Waals surface area (Å²) >= 11 is 5.40. The molecule has 0 spiro atoms. The molecule has 0 bridgehead atoms. The van der Waals surface area contributed by atoms with Gasteiger partial charge in [0.25, 0.3) is 0 Å². The molecule has 0 aliphatic rings. The zero-order chi connectivity index (χ0) is 15.2. The van der Waals surface area contributed by atoms with Gasteiger partial charge in [0.05, 0.1) is 7.11 Å². The molecule has 4 heteroatoms. The zero-order valence-corrected chi connectivity index (χ0v) is 14.9. The third-order valence-electron chi connectivity index (χ3n) is 2.98. The van der Waals surface area contributed by atoms with E-state index in [4.69, 9.17) is 4.74 Å². The highest BCUT2D eigenvalue weighted by Gasteiger charge is 2.05. The number of rotatable bonds is 6. The van der Waals surface area contributed by atoms with Crippen molar-refractivity contribution in [3.8, 4) is 5.75 Å². The van der Waals surface area contributed by atoms with Crippen LogP contribution in [0.15, 0.2) is 56.7 Å². The van der Waals surface area contributed by atoms with Crippen LogP contribution < -0.4 is 10.1 Å². The van der Waals surface area contributed by atoms with Gasteiger partial charge in [0, 0.05) is 26.9 Å². The van der Waals surface area contributed by atoms with E-state index < -0.39 is 0 Å². The highest BCUT2D eigenvalue weighted by atomic mass is 79.9. The number of nitrogens with one attached hydrogen (secondary N) is 1. The maximum absolute atomic E-state index is 5.26. The molecule has 0 atom stereocenters. The van der Waals surface area contributed by atoms with Crippen LogP contribution in [-0.2, 0) is 6.54 Å². The van der Waals surface area contributed by atoms with Gasteiger partial charge in [-0.25, -0.2) is 0 Å². The van der Waals surface area contributed by atoms with Crippen molar-refractivity contribution in [2.75, 3.05) is 7.11 Å². The van der Waals surface area contributed by atoms with Crippen LogP contribution in [0.2, 0.25) is 0 Å². The van der Waals surface area contributed by atoms with E-state index in [-0.39, 0.29) is 0 Å². The molecule has 0 radical (unpaired) electrons. The Labute approximate surface area is 139 Å². The molecule has 2 rings (SSSR count). The van der Waals surface area contributed by atoms with Crippen LogP contribution in [0.3, 0.4) is 0 Å². The van der Waals surface area contributed by atoms with Gasteiger partial charge in [-0.2, -0.15) is 0 Å². The van der Waals surface area contributed by atoms with Crippen molar-refractivity contribution in [3.63, 3.8) is 0 Å². The fraction of sp³-hybridized carbons (Fsp3) is 0.294. The first kappa shape index (κ1) is 16.4. The summed E-state index contributed by atoms with van der Waals surface area (Å²) in [6.45, 7) is 5.20. The summed E-state index contributed by atoms with van der Waals surface area (Å²) in [7, 11) is 1.69. The van der Waals surface area contributed by atoms with E-state index in [1.54, 1.807) is 18.9 Å². The molecule has 0 aromatic heterocycles. The summed E-state index contributed by atoms with van der Waals surface area (Å²) in [5.41, 5.74) is 1.28. The van der Waals surface area contributed by atoms with Crippen molar-refractivity contribution in [1.29, 1.82) is 0 Å². The van der Waals surface area contributed by atoms with E-state index in [2.05, 4.69) is 59.4 Å². The van der Waals surface area contributed by atoms with E-state index in [1.807, 2.05) is 18.2 Å². The molecular formula is C17H20BrNOS. The predicted molar refractivity (Wildman–Crippen MR) is 93.2 cm³/mol. The molecule has 0 heterocycles. The van der Waals surface area contributed by atoms with Crippen molar-refractivity contribution in [1.82, 2.24) is 5.32 Å². The van der Waals surface area contributed by atoms with E-state index in [1.165, 1.54) is 15.4 Å². The lowest BCUT2D eigenvalue weighted by Crippen LogP contribution is -2.21. The van der Waals surface area contributed by atoms with Gasteiger partial charge in [-0.1, -0.05) is 37.7 Å². The average molecular weight is 366 g/mol. The highest BCUT2D eigenvalue weighted by molar-refractivity contribution is 9.10. The maximum Gasteiger partial charge on any atom is 0.119 e. The summed E-state index contributed by atoms with van der Waals surface area (Å²) in [5.74, 6) is 0.883. The minimum Gasteiger partial charge on any atom is -0.497 e. The van der Waals surface area contributed by atoms with E-state index in [0.717, 1.165) is 16.8 Å². The largest absolute Gasteiger partial charge is 0.497 e. The Hall–Kier alpha value is -0.970. The standard InChI is InChI=1S/C17H20BrNOS/c1-12(2)19-11-13-7-8-17(16(18)9-13)21-15-6-4-5-14(10-15)20-3/h4-10,12,19H,11H2,1-3H3. The second kappa shape index (κ2) is 7.87. The third kappa shape index (κ3) is 5.06. The second-order valence-corrected chi connectivity index (χ2v) is 7.05. The molecule has 0 saturated carbocycles. The van der Waals surface area contributed by atoms with Crippen LogP contribution in [0, 0.1) is 0 Å². The first-order valence-corrected chi connectivity index (χ1v) is 8.53. The van der Waals surface area contributed by atoms with Crippen molar-refractivity contribution < 1.29 is 4.74 Å². The number of hydrogen-bond acceptors (Lipinski definition) is 3. The van der Waals surface area contributed by atoms with E-state index >= 15 is 0 Å². The summed E-state index contributed by atoms with van der Waals surface area (Å²) in [5, 5.41) is 3.43. The molecule has 2 nitrogen and oxygen atoms in total. The predicted octanol–water partition coefficient (Wildman–Crippen LogP) is 5.11. The van der Waals surface area contributed by atoms with E-state index in [9.17, 15) is 0 Å². The van der Waals surface area contributed by atoms with Gasteiger partial charge in [-0.3, -0.25) is 0 Å². The molecule has 0 aliphatic heterocycles. The molecule has 2 aromatic rings. The van der Waals surface area contributed by atoms with Gasteiger partial charge < -0.3 is 10.1 Å². The quantitative estimate of drug-likeness (QED) is 0.768. The molecule has 0 unspecified atom stereocenters. The van der Waals surface area contributed by atoms with Gasteiger partial charge >= 0.3 is 0 Å². The Kier molecular flexibility index (Phi) is 6.15. The smallest absolute Gasteiger partial charge is 0.119 e. The summed E-state index contributed by atoms with van der Waals surface area (Å²) in [6.07, 6.45) is 0. The fourth-order valence-corrected chi connectivity index (χ4v) is 3.39. The van der Waals surface area contributed by atoms with Gasteiger partial charge in [0.1, 0.15) is 5.75 Å². The molecule has 1 N–H and O–H groups in total. The number of benzene rings is 2. The average Bonchev–Trinajstić information content (AvgIpc) is 2.48. The Balaban J connectivity index is 2.09. The van der Waals surface area contributed by atoms with Gasteiger partial charge in [0.15, 0.2) is 0 Å². The van der Waals surface area contributed by atoms with Crippen molar-refractivity contribution in [3.05, 3.63) is 52.5 Å². The lowest BCUT2D eigenvalue weighted by atomic mass is 10.2. The Morgan fingerprint density at radius 3 is 2.67 bits per heavy atom. The summed E-state index contributed by atoms with van der Waals surface area (Å²) in [6, 6.07) is 15.1. The molecule has 0 aliphatic carbocycles. The molecule has 2 aromatic carbocycles. The maximum atomic E-state index is 5.26. The van der Waals surface area contributed by atoms with Crippen LogP contribution >= 0.6 is 27.7 Å². The second-order valence-electron chi connectivity index (χ2n) is 5.08. The first-order valence-electron chi connectivity index (χ1n) is 6.92. The van der Waals surface area contributed by atoms with Crippen LogP contribution in [0.5, 0.6) is 5.75 Å². The molecular weight excluding hydrogens is 346 g/mol. The number of halogens is 1. The zero-order valence-electron chi connectivity index (χ0n) is 12.5. The topological polar surface area (TPSA) is 21.3 Å². The normalized spacial score (nSPS) is 10.9. The minimum atomic E-state index is 0.495. The summed E-state index contributed by atoms with van der Waals surface area (Å²) in [4.78, 5) is 2.37. The number of methoxy groups -OCH3 is 1. The Morgan fingerprint density at radius 2 is 2.00 bits per heavy atom. The Bertz CT molecular complexity index is 601. The van der Waals surface area contributed by atoms with Gasteiger partial charge in [-0.15, -0.1) is 0 Å². The molecule has 112 valence electrons. The third-order valence-corrected chi connectivity index (χ3v) is 4.96. The monoisotopic (exact) mass is 365 g/mol. The van der Waals surface area contributed by atoms with Gasteiger partial charge in [-0.05, 0) is 51.8 Å². The van der Waals surface area contributed by atoms with Crippen LogP contribution in [0.4, 0.5) is 0 Å². The lowest BCUT2D eigenvalue weighted by Gasteiger charge is -2.11. The Morgan fingerprint density at radius 1 is 1.19 bits per heavy atom. The molecule has 0 saturated heterocycles. The van der Waals surface area contributed by atoms with Crippen LogP contribution in [0.25, 0.3) is 0 Å². The molecule has 0 fully saturated rings. The lowest BCUT2D eigenvalue weighted by molar-refractivity contribution is 0.413. The van der Waals surface area contributed by atoms with Crippen molar-refractivity contribution >= 4 is 27.7 Å². The highest BCUT2D eigenvalue weighted by Crippen LogP contribution is 2.35.